The number of carboxylic acid groups (broad SMARTS) is 1. The van der Waals surface area contributed by atoms with Gasteiger partial charge in [-0.2, -0.15) is 0 Å². The van der Waals surface area contributed by atoms with E-state index >= 15 is 0 Å². The Morgan fingerprint density at radius 2 is 2.00 bits per heavy atom. The first-order chi connectivity index (χ1) is 9.85. The monoisotopic (exact) mass is 292 g/mol. The van der Waals surface area contributed by atoms with Crippen molar-refractivity contribution in [3.63, 3.8) is 0 Å². The van der Waals surface area contributed by atoms with Gasteiger partial charge in [0, 0.05) is 18.8 Å². The molecule has 0 unspecified atom stereocenters. The Morgan fingerprint density at radius 3 is 2.52 bits per heavy atom. The molecule has 1 aliphatic rings. The van der Waals surface area contributed by atoms with Gasteiger partial charge >= 0.3 is 12.0 Å². The molecule has 0 atom stereocenters. The lowest BCUT2D eigenvalue weighted by atomic mass is 9.93. The van der Waals surface area contributed by atoms with Crippen molar-refractivity contribution in [2.24, 2.45) is 5.41 Å². The van der Waals surface area contributed by atoms with Crippen molar-refractivity contribution in [1.82, 2.24) is 4.90 Å². The number of nitrogens with zero attached hydrogens (tertiary/aromatic N) is 1. The fraction of sp³-hybridized carbons (Fsp3) is 0.467. The molecule has 1 aromatic rings. The lowest BCUT2D eigenvalue weighted by Crippen LogP contribution is -2.34. The molecule has 0 aromatic heterocycles. The van der Waals surface area contributed by atoms with Crippen LogP contribution in [0.1, 0.15) is 20.3 Å². The van der Waals surface area contributed by atoms with E-state index in [1.807, 2.05) is 0 Å². The van der Waals surface area contributed by atoms with E-state index in [2.05, 4.69) is 19.2 Å². The van der Waals surface area contributed by atoms with Crippen molar-refractivity contribution in [2.45, 2.75) is 20.3 Å². The number of carbonyl (C=O) groups is 2. The van der Waals surface area contributed by atoms with Gasteiger partial charge in [0.25, 0.3) is 0 Å². The number of likely N-dealkylation sites (tertiary alicyclic amines) is 1. The van der Waals surface area contributed by atoms with E-state index in [0.29, 0.717) is 11.4 Å². The second-order valence-corrected chi connectivity index (χ2v) is 5.97. The Morgan fingerprint density at radius 1 is 1.33 bits per heavy atom. The van der Waals surface area contributed by atoms with Crippen LogP contribution in [0.2, 0.25) is 0 Å². The van der Waals surface area contributed by atoms with Crippen LogP contribution in [0.15, 0.2) is 24.3 Å². The highest BCUT2D eigenvalue weighted by molar-refractivity contribution is 5.89. The number of urea groups is 1. The predicted octanol–water partition coefficient (Wildman–Crippen LogP) is 2.41. The molecule has 0 aliphatic carbocycles. The maximum atomic E-state index is 12.1. The summed E-state index contributed by atoms with van der Waals surface area (Å²) in [5.74, 6) is -0.568. The number of carboxylic acids is 1. The summed E-state index contributed by atoms with van der Waals surface area (Å²) in [6.07, 6.45) is 1.00. The van der Waals surface area contributed by atoms with Crippen molar-refractivity contribution < 1.29 is 19.4 Å². The van der Waals surface area contributed by atoms with Gasteiger partial charge in [0.15, 0.2) is 6.61 Å². The van der Waals surface area contributed by atoms with E-state index in [1.54, 1.807) is 29.2 Å². The standard InChI is InChI=1S/C15H20N2O4/c1-15(2)7-8-17(10-15)14(20)16-11-3-5-12(6-4-11)21-9-13(18)19/h3-6H,7-10H2,1-2H3,(H,16,20)(H,18,19). The van der Waals surface area contributed by atoms with Crippen molar-refractivity contribution in [3.8, 4) is 5.75 Å². The Bertz CT molecular complexity index is 525. The molecule has 2 rings (SSSR count). The Balaban J connectivity index is 1.88. The molecule has 6 nitrogen and oxygen atoms in total. The first-order valence-corrected chi connectivity index (χ1v) is 6.86. The molecule has 2 amide bonds. The van der Waals surface area contributed by atoms with Crippen molar-refractivity contribution in [2.75, 3.05) is 25.0 Å². The van der Waals surface area contributed by atoms with Gasteiger partial charge in [-0.25, -0.2) is 9.59 Å². The van der Waals surface area contributed by atoms with Crippen LogP contribution in [0.5, 0.6) is 5.75 Å². The number of nitrogens with one attached hydrogen (secondary N) is 1. The Hall–Kier alpha value is -2.24. The Labute approximate surface area is 123 Å². The number of rotatable bonds is 4. The van der Waals surface area contributed by atoms with Gasteiger partial charge in [-0.1, -0.05) is 13.8 Å². The van der Waals surface area contributed by atoms with E-state index in [4.69, 9.17) is 9.84 Å². The van der Waals surface area contributed by atoms with Crippen LogP contribution in [0.3, 0.4) is 0 Å². The van der Waals surface area contributed by atoms with Crippen LogP contribution < -0.4 is 10.1 Å². The molecule has 21 heavy (non-hydrogen) atoms. The first kappa shape index (κ1) is 15.2. The SMILES string of the molecule is CC1(C)CCN(C(=O)Nc2ccc(OCC(=O)O)cc2)C1. The minimum Gasteiger partial charge on any atom is -0.482 e. The third kappa shape index (κ3) is 4.37. The van der Waals surface area contributed by atoms with Crippen LogP contribution in [-0.2, 0) is 4.79 Å². The van der Waals surface area contributed by atoms with Gasteiger partial charge in [0.2, 0.25) is 0 Å². The van der Waals surface area contributed by atoms with Gasteiger partial charge in [0.1, 0.15) is 5.75 Å². The molecule has 1 saturated heterocycles. The van der Waals surface area contributed by atoms with E-state index in [9.17, 15) is 9.59 Å². The molecule has 114 valence electrons. The molecule has 1 heterocycles. The summed E-state index contributed by atoms with van der Waals surface area (Å²) in [4.78, 5) is 24.3. The summed E-state index contributed by atoms with van der Waals surface area (Å²) >= 11 is 0. The molecular weight excluding hydrogens is 272 g/mol. The van der Waals surface area contributed by atoms with Crippen molar-refractivity contribution >= 4 is 17.7 Å². The predicted molar refractivity (Wildman–Crippen MR) is 78.6 cm³/mol. The van der Waals surface area contributed by atoms with Crippen LogP contribution in [0.25, 0.3) is 0 Å². The number of hydrogen-bond donors (Lipinski definition) is 2. The normalized spacial score (nSPS) is 16.6. The minimum atomic E-state index is -1.02. The highest BCUT2D eigenvalue weighted by Gasteiger charge is 2.31. The highest BCUT2D eigenvalue weighted by atomic mass is 16.5. The van der Waals surface area contributed by atoms with Gasteiger partial charge in [-0.3, -0.25) is 0 Å². The number of amides is 2. The van der Waals surface area contributed by atoms with Crippen LogP contribution in [0, 0.1) is 5.41 Å². The Kier molecular flexibility index (Phi) is 4.35. The van der Waals surface area contributed by atoms with E-state index in [1.165, 1.54) is 0 Å². The fourth-order valence-corrected chi connectivity index (χ4v) is 2.27. The number of hydrogen-bond acceptors (Lipinski definition) is 3. The van der Waals surface area contributed by atoms with Crippen LogP contribution >= 0.6 is 0 Å². The fourth-order valence-electron chi connectivity index (χ4n) is 2.27. The molecule has 1 fully saturated rings. The number of benzene rings is 1. The second kappa shape index (κ2) is 6.03. The van der Waals surface area contributed by atoms with Gasteiger partial charge in [-0.05, 0) is 36.1 Å². The summed E-state index contributed by atoms with van der Waals surface area (Å²) in [6, 6.07) is 6.53. The summed E-state index contributed by atoms with van der Waals surface area (Å²) in [5, 5.41) is 11.4. The zero-order chi connectivity index (χ0) is 15.5. The van der Waals surface area contributed by atoms with Crippen molar-refractivity contribution in [3.05, 3.63) is 24.3 Å². The number of carbonyl (C=O) groups excluding carboxylic acids is 1. The summed E-state index contributed by atoms with van der Waals surface area (Å²) in [6.45, 7) is 5.43. The first-order valence-electron chi connectivity index (χ1n) is 6.86. The third-order valence-corrected chi connectivity index (χ3v) is 3.43. The molecule has 2 N–H and O–H groups in total. The molecule has 0 bridgehead atoms. The highest BCUT2D eigenvalue weighted by Crippen LogP contribution is 2.29. The van der Waals surface area contributed by atoms with Gasteiger partial charge in [0.05, 0.1) is 0 Å². The molecule has 0 saturated carbocycles. The summed E-state index contributed by atoms with van der Waals surface area (Å²) in [5.41, 5.74) is 0.832. The third-order valence-electron chi connectivity index (χ3n) is 3.43. The van der Waals surface area contributed by atoms with Crippen LogP contribution in [0.4, 0.5) is 10.5 Å². The smallest absolute Gasteiger partial charge is 0.341 e. The van der Waals surface area contributed by atoms with Crippen molar-refractivity contribution in [1.29, 1.82) is 0 Å². The minimum absolute atomic E-state index is 0.111. The molecule has 1 aliphatic heterocycles. The molecule has 0 radical (unpaired) electrons. The van der Waals surface area contributed by atoms with Crippen LogP contribution in [-0.4, -0.2) is 41.7 Å². The average Bonchev–Trinajstić information content (AvgIpc) is 2.78. The van der Waals surface area contributed by atoms with E-state index < -0.39 is 5.97 Å². The number of ether oxygens (including phenoxy) is 1. The quantitative estimate of drug-likeness (QED) is 0.893. The lowest BCUT2D eigenvalue weighted by molar-refractivity contribution is -0.139. The maximum absolute atomic E-state index is 12.1. The topological polar surface area (TPSA) is 78.9 Å². The lowest BCUT2D eigenvalue weighted by Gasteiger charge is -2.20. The zero-order valence-corrected chi connectivity index (χ0v) is 12.3. The molecule has 0 spiro atoms. The van der Waals surface area contributed by atoms with E-state index in [-0.39, 0.29) is 18.1 Å². The molecule has 6 heteroatoms. The molecular formula is C15H20N2O4. The largest absolute Gasteiger partial charge is 0.482 e. The summed E-state index contributed by atoms with van der Waals surface area (Å²) in [7, 11) is 0. The number of aliphatic carboxylic acids is 1. The zero-order valence-electron chi connectivity index (χ0n) is 12.3. The second-order valence-electron chi connectivity index (χ2n) is 5.97. The van der Waals surface area contributed by atoms with Gasteiger partial charge < -0.3 is 20.1 Å². The van der Waals surface area contributed by atoms with Gasteiger partial charge in [-0.15, -0.1) is 0 Å². The number of anilines is 1. The average molecular weight is 292 g/mol. The molecule has 1 aromatic carbocycles. The summed E-state index contributed by atoms with van der Waals surface area (Å²) < 4.78 is 5.03. The van der Waals surface area contributed by atoms with E-state index in [0.717, 1.165) is 19.5 Å². The maximum Gasteiger partial charge on any atom is 0.341 e.